The van der Waals surface area contributed by atoms with E-state index in [2.05, 4.69) is 9.47 Å². The Bertz CT molecular complexity index is 664. The van der Waals surface area contributed by atoms with Crippen molar-refractivity contribution in [3.8, 4) is 0 Å². The maximum atomic E-state index is 13.5. The van der Waals surface area contributed by atoms with E-state index in [0.717, 1.165) is 0 Å². The molecular weight excluding hydrogens is 511 g/mol. The molecule has 1 saturated heterocycles. The molecule has 192 valence electrons. The lowest BCUT2D eigenvalue weighted by Crippen LogP contribution is -2.73. The third kappa shape index (κ3) is 4.68. The van der Waals surface area contributed by atoms with E-state index in [4.69, 9.17) is 0 Å². The third-order valence-corrected chi connectivity index (χ3v) is 3.98. The van der Waals surface area contributed by atoms with Crippen LogP contribution >= 0.6 is 0 Å². The zero-order chi connectivity index (χ0) is 25.8. The number of hydrogen-bond donors (Lipinski definition) is 0. The predicted molar refractivity (Wildman–Crippen MR) is 65.6 cm³/mol. The van der Waals surface area contributed by atoms with E-state index in [-0.39, 0.29) is 0 Å². The molecule has 1 atom stereocenters. The van der Waals surface area contributed by atoms with Crippen molar-refractivity contribution in [1.82, 2.24) is 0 Å². The fourth-order valence-corrected chi connectivity index (χ4v) is 1.91. The predicted octanol–water partition coefficient (Wildman–Crippen LogP) is 6.15. The molecule has 0 bridgehead atoms. The quantitative estimate of drug-likeness (QED) is 0.241. The minimum Gasteiger partial charge on any atom is -0.371 e. The van der Waals surface area contributed by atoms with E-state index in [0.29, 0.717) is 0 Å². The Hall–Kier alpha value is -1.27. The summed E-state index contributed by atoms with van der Waals surface area (Å²) in [5.74, 6) is -47.2. The van der Waals surface area contributed by atoms with Crippen molar-refractivity contribution in [1.29, 1.82) is 0 Å². The molecule has 2 nitrogen and oxygen atoms in total. The maximum absolute atomic E-state index is 13.5. The number of halogens is 17. The smallest absolute Gasteiger partial charge is 0.371 e. The van der Waals surface area contributed by atoms with Gasteiger partial charge in [-0.15, -0.1) is 0 Å². The number of hydrogen-bond acceptors (Lipinski definition) is 2. The molecule has 0 aromatic carbocycles. The van der Waals surface area contributed by atoms with Crippen LogP contribution in [0.1, 0.15) is 12.8 Å². The van der Waals surface area contributed by atoms with Crippen LogP contribution in [0.2, 0.25) is 0 Å². The van der Waals surface area contributed by atoms with Crippen LogP contribution in [-0.2, 0) is 9.47 Å². The number of rotatable bonds is 11. The van der Waals surface area contributed by atoms with Crippen molar-refractivity contribution in [3.63, 3.8) is 0 Å². The number of epoxide rings is 1. The first-order chi connectivity index (χ1) is 13.8. The Morgan fingerprint density at radius 1 is 0.562 bits per heavy atom. The van der Waals surface area contributed by atoms with Crippen LogP contribution in [0, 0.1) is 0 Å². The first-order valence-electron chi connectivity index (χ1n) is 7.75. The molecular formula is C13H9F17O2. The van der Waals surface area contributed by atoms with Crippen LogP contribution in [0.3, 0.4) is 0 Å². The first kappa shape index (κ1) is 28.8. The van der Waals surface area contributed by atoms with Crippen molar-refractivity contribution in [2.45, 2.75) is 66.8 Å². The summed E-state index contributed by atoms with van der Waals surface area (Å²) in [5, 5.41) is 0. The molecule has 0 spiro atoms. The Morgan fingerprint density at radius 3 is 1.31 bits per heavy atom. The monoisotopic (exact) mass is 520 g/mol. The highest BCUT2D eigenvalue weighted by Crippen LogP contribution is 2.62. The zero-order valence-electron chi connectivity index (χ0n) is 14.6. The van der Waals surface area contributed by atoms with Gasteiger partial charge in [-0.3, -0.25) is 0 Å². The van der Waals surface area contributed by atoms with Gasteiger partial charge in [0.05, 0.1) is 13.2 Å². The summed E-state index contributed by atoms with van der Waals surface area (Å²) in [7, 11) is 0. The van der Waals surface area contributed by atoms with Crippen molar-refractivity contribution >= 4 is 0 Å². The highest BCUT2D eigenvalue weighted by molar-refractivity contribution is 5.13. The van der Waals surface area contributed by atoms with Crippen LogP contribution < -0.4 is 0 Å². The second kappa shape index (κ2) is 7.90. The van der Waals surface area contributed by atoms with E-state index in [9.17, 15) is 74.6 Å². The Labute approximate surface area is 165 Å². The second-order valence-electron chi connectivity index (χ2n) is 6.47. The summed E-state index contributed by atoms with van der Waals surface area (Å²) in [6.45, 7) is -2.13. The molecule has 1 aliphatic heterocycles. The van der Waals surface area contributed by atoms with Gasteiger partial charge in [0.15, 0.2) is 0 Å². The minimum atomic E-state index is -8.36. The summed E-state index contributed by atoms with van der Waals surface area (Å²) < 4.78 is 230. The van der Waals surface area contributed by atoms with Crippen LogP contribution in [0.4, 0.5) is 74.6 Å². The lowest BCUT2D eigenvalue weighted by atomic mass is 9.89. The van der Waals surface area contributed by atoms with Gasteiger partial charge >= 0.3 is 47.8 Å². The lowest BCUT2D eigenvalue weighted by molar-refractivity contribution is -0.466. The summed E-state index contributed by atoms with van der Waals surface area (Å²) >= 11 is 0. The van der Waals surface area contributed by atoms with Gasteiger partial charge in [0.1, 0.15) is 6.10 Å². The molecule has 0 amide bonds. The first-order valence-corrected chi connectivity index (χ1v) is 7.75. The van der Waals surface area contributed by atoms with Gasteiger partial charge in [0, 0.05) is 12.8 Å². The van der Waals surface area contributed by atoms with Crippen LogP contribution in [0.25, 0.3) is 0 Å². The van der Waals surface area contributed by atoms with Crippen molar-refractivity contribution in [2.24, 2.45) is 0 Å². The molecule has 0 aliphatic carbocycles. The summed E-state index contributed by atoms with van der Waals surface area (Å²) in [5.41, 5.74) is 0. The Kier molecular flexibility index (Phi) is 7.10. The standard InChI is InChI=1S/C13H9F17O2/c14-6(15,1-2-7(16,17)18)8(19,20)9(21,22)10(23,24)11(25,26)12(27,28)13(29,30)32-4-5-3-31-5/h5H,1-4H2. The molecule has 0 aromatic rings. The summed E-state index contributed by atoms with van der Waals surface area (Å²) in [6, 6.07) is 0. The molecule has 32 heavy (non-hydrogen) atoms. The molecule has 0 saturated carbocycles. The highest BCUT2D eigenvalue weighted by atomic mass is 19.4. The van der Waals surface area contributed by atoms with Crippen molar-refractivity contribution < 1.29 is 84.1 Å². The Balaban J connectivity index is 3.35. The largest absolute Gasteiger partial charge is 0.426 e. The van der Waals surface area contributed by atoms with E-state index in [1.54, 1.807) is 0 Å². The third-order valence-electron chi connectivity index (χ3n) is 3.98. The molecule has 1 unspecified atom stereocenters. The van der Waals surface area contributed by atoms with Gasteiger partial charge in [-0.25, -0.2) is 0 Å². The average molecular weight is 520 g/mol. The lowest BCUT2D eigenvalue weighted by Gasteiger charge is -2.42. The van der Waals surface area contributed by atoms with Gasteiger partial charge in [0.25, 0.3) is 0 Å². The molecule has 0 radical (unpaired) electrons. The topological polar surface area (TPSA) is 21.8 Å². The average Bonchev–Trinajstić information content (AvgIpc) is 3.41. The van der Waals surface area contributed by atoms with E-state index in [1.807, 2.05) is 0 Å². The fraction of sp³-hybridized carbons (Fsp3) is 1.00. The Morgan fingerprint density at radius 2 is 0.938 bits per heavy atom. The van der Waals surface area contributed by atoms with Crippen molar-refractivity contribution in [3.05, 3.63) is 0 Å². The fourth-order valence-electron chi connectivity index (χ4n) is 1.91. The summed E-state index contributed by atoms with van der Waals surface area (Å²) in [6.07, 6.45) is -20.3. The molecule has 0 aromatic heterocycles. The van der Waals surface area contributed by atoms with E-state index >= 15 is 0 Å². The van der Waals surface area contributed by atoms with Gasteiger partial charge in [-0.1, -0.05) is 0 Å². The molecule has 1 fully saturated rings. The molecule has 1 heterocycles. The van der Waals surface area contributed by atoms with E-state index in [1.165, 1.54) is 0 Å². The van der Waals surface area contributed by atoms with Crippen LogP contribution in [0.5, 0.6) is 0 Å². The van der Waals surface area contributed by atoms with E-state index < -0.39 is 80.0 Å². The number of alkyl halides is 17. The van der Waals surface area contributed by atoms with Gasteiger partial charge < -0.3 is 9.47 Å². The second-order valence-corrected chi connectivity index (χ2v) is 6.47. The van der Waals surface area contributed by atoms with Gasteiger partial charge in [-0.05, 0) is 0 Å². The minimum absolute atomic E-state index is 0.453. The maximum Gasteiger partial charge on any atom is 0.426 e. The van der Waals surface area contributed by atoms with Gasteiger partial charge in [0.2, 0.25) is 0 Å². The van der Waals surface area contributed by atoms with Crippen LogP contribution in [-0.4, -0.2) is 67.1 Å². The highest BCUT2D eigenvalue weighted by Gasteiger charge is 2.93. The van der Waals surface area contributed by atoms with Crippen LogP contribution in [0.15, 0.2) is 0 Å². The molecule has 0 N–H and O–H groups in total. The van der Waals surface area contributed by atoms with Crippen molar-refractivity contribution in [2.75, 3.05) is 13.2 Å². The normalized spacial score (nSPS) is 20.0. The molecule has 1 rings (SSSR count). The zero-order valence-corrected chi connectivity index (χ0v) is 14.6. The molecule has 19 heteroatoms. The summed E-state index contributed by atoms with van der Waals surface area (Å²) in [4.78, 5) is 0. The SMILES string of the molecule is FC(F)(F)CCC(F)(F)C(F)(F)C(F)(F)C(F)(F)C(F)(F)C(F)(F)C(F)(F)OCC1CO1. The van der Waals surface area contributed by atoms with Gasteiger partial charge in [-0.2, -0.15) is 74.6 Å². The number of ether oxygens (including phenoxy) is 2. The molecule has 1 aliphatic rings.